The van der Waals surface area contributed by atoms with Crippen LogP contribution in [0.5, 0.6) is 11.5 Å². The van der Waals surface area contributed by atoms with Crippen molar-refractivity contribution in [2.75, 3.05) is 33.9 Å². The van der Waals surface area contributed by atoms with Crippen LogP contribution in [0.2, 0.25) is 0 Å². The number of methoxy groups -OCH3 is 2. The third-order valence-corrected chi connectivity index (χ3v) is 4.31. The normalized spacial score (nSPS) is 17.7. The second kappa shape index (κ2) is 8.65. The van der Waals surface area contributed by atoms with Gasteiger partial charge in [0.2, 0.25) is 0 Å². The molecule has 0 aliphatic carbocycles. The summed E-state index contributed by atoms with van der Waals surface area (Å²) in [5.74, 6) is 2.10. The van der Waals surface area contributed by atoms with E-state index in [4.69, 9.17) is 9.47 Å². The van der Waals surface area contributed by atoms with Gasteiger partial charge in [0.05, 0.1) is 14.2 Å². The number of nitrogens with one attached hydrogen (secondary N) is 1. The van der Waals surface area contributed by atoms with Gasteiger partial charge in [-0.2, -0.15) is 0 Å². The maximum atomic E-state index is 12.1. The molecule has 0 saturated carbocycles. The molecule has 1 N–H and O–H groups in total. The number of carbonyl (C=O) groups is 1. The summed E-state index contributed by atoms with van der Waals surface area (Å²) >= 11 is 0. The number of likely N-dealkylation sites (tertiary alicyclic amines) is 1. The number of carbonyl (C=O) groups excluding carboxylic acids is 1. The van der Waals surface area contributed by atoms with Crippen molar-refractivity contribution in [2.24, 2.45) is 5.92 Å². The first kappa shape index (κ1) is 17.4. The number of rotatable bonds is 6. The zero-order valence-corrected chi connectivity index (χ0v) is 14.4. The van der Waals surface area contributed by atoms with Crippen molar-refractivity contribution in [1.29, 1.82) is 0 Å². The van der Waals surface area contributed by atoms with E-state index in [9.17, 15) is 4.79 Å². The molecular formula is C18H28N2O3. The first-order valence-electron chi connectivity index (χ1n) is 8.37. The van der Waals surface area contributed by atoms with E-state index in [1.165, 1.54) is 12.0 Å². The SMILES string of the molecule is COc1ccc(CCCNC(=O)N2CCCC(C)C2)cc1OC. The molecular weight excluding hydrogens is 292 g/mol. The Labute approximate surface area is 139 Å². The quantitative estimate of drug-likeness (QED) is 0.820. The molecule has 0 bridgehead atoms. The van der Waals surface area contributed by atoms with Gasteiger partial charge in [-0.25, -0.2) is 4.79 Å². The summed E-state index contributed by atoms with van der Waals surface area (Å²) in [6.45, 7) is 4.65. The van der Waals surface area contributed by atoms with Crippen molar-refractivity contribution in [1.82, 2.24) is 10.2 Å². The van der Waals surface area contributed by atoms with E-state index in [2.05, 4.69) is 12.2 Å². The lowest BCUT2D eigenvalue weighted by Gasteiger charge is -2.30. The molecule has 5 heteroatoms. The first-order valence-corrected chi connectivity index (χ1v) is 8.37. The molecule has 1 aliphatic rings. The van der Waals surface area contributed by atoms with Crippen LogP contribution in [0, 0.1) is 5.92 Å². The van der Waals surface area contributed by atoms with Gasteiger partial charge in [0.1, 0.15) is 0 Å². The monoisotopic (exact) mass is 320 g/mol. The Kier molecular flexibility index (Phi) is 6.56. The van der Waals surface area contributed by atoms with E-state index in [1.54, 1.807) is 14.2 Å². The summed E-state index contributed by atoms with van der Waals surface area (Å²) in [4.78, 5) is 14.1. The molecule has 1 heterocycles. The number of nitrogens with zero attached hydrogens (tertiary/aromatic N) is 1. The molecule has 1 saturated heterocycles. The Morgan fingerprint density at radius 3 is 2.78 bits per heavy atom. The molecule has 0 spiro atoms. The molecule has 1 unspecified atom stereocenters. The minimum atomic E-state index is 0.0730. The van der Waals surface area contributed by atoms with Crippen LogP contribution < -0.4 is 14.8 Å². The van der Waals surface area contributed by atoms with Gasteiger partial charge >= 0.3 is 6.03 Å². The lowest BCUT2D eigenvalue weighted by Crippen LogP contribution is -2.45. The number of benzene rings is 1. The summed E-state index contributed by atoms with van der Waals surface area (Å²) in [6, 6.07) is 6.02. The highest BCUT2D eigenvalue weighted by Crippen LogP contribution is 2.27. The maximum Gasteiger partial charge on any atom is 0.317 e. The molecule has 1 aliphatic heterocycles. The van der Waals surface area contributed by atoms with Crippen LogP contribution in [-0.4, -0.2) is 44.8 Å². The van der Waals surface area contributed by atoms with E-state index >= 15 is 0 Å². The Balaban J connectivity index is 1.73. The molecule has 0 radical (unpaired) electrons. The molecule has 2 rings (SSSR count). The maximum absolute atomic E-state index is 12.1. The van der Waals surface area contributed by atoms with E-state index in [-0.39, 0.29) is 6.03 Å². The topological polar surface area (TPSA) is 50.8 Å². The second-order valence-corrected chi connectivity index (χ2v) is 6.22. The molecule has 1 atom stereocenters. The Morgan fingerprint density at radius 1 is 1.30 bits per heavy atom. The zero-order chi connectivity index (χ0) is 16.7. The smallest absolute Gasteiger partial charge is 0.317 e. The predicted octanol–water partition coefficient (Wildman–Crippen LogP) is 3.08. The highest BCUT2D eigenvalue weighted by molar-refractivity contribution is 5.74. The summed E-state index contributed by atoms with van der Waals surface area (Å²) in [7, 11) is 3.27. The molecule has 1 aromatic rings. The average Bonchev–Trinajstić information content (AvgIpc) is 2.58. The fourth-order valence-corrected chi connectivity index (χ4v) is 3.01. The third kappa shape index (κ3) is 5.05. The molecule has 2 amide bonds. The number of hydrogen-bond acceptors (Lipinski definition) is 3. The molecule has 1 aromatic carbocycles. The zero-order valence-electron chi connectivity index (χ0n) is 14.4. The van der Waals surface area contributed by atoms with Gasteiger partial charge in [0.25, 0.3) is 0 Å². The highest BCUT2D eigenvalue weighted by Gasteiger charge is 2.20. The summed E-state index contributed by atoms with van der Waals surface area (Å²) in [5.41, 5.74) is 1.18. The standard InChI is InChI=1S/C18H28N2O3/c1-14-6-5-11-20(13-14)18(21)19-10-4-7-15-8-9-16(22-2)17(12-15)23-3/h8-9,12,14H,4-7,10-11,13H2,1-3H3,(H,19,21). The largest absolute Gasteiger partial charge is 0.493 e. The fraction of sp³-hybridized carbons (Fsp3) is 0.611. The van der Waals surface area contributed by atoms with E-state index in [0.29, 0.717) is 12.5 Å². The van der Waals surface area contributed by atoms with Crippen molar-refractivity contribution in [3.8, 4) is 11.5 Å². The Morgan fingerprint density at radius 2 is 2.09 bits per heavy atom. The van der Waals surface area contributed by atoms with Gasteiger partial charge in [0, 0.05) is 19.6 Å². The summed E-state index contributed by atoms with van der Waals surface area (Å²) < 4.78 is 10.5. The van der Waals surface area contributed by atoms with Gasteiger partial charge in [-0.05, 0) is 49.3 Å². The Bertz CT molecular complexity index is 519. The van der Waals surface area contributed by atoms with Crippen LogP contribution in [0.1, 0.15) is 31.7 Å². The molecule has 23 heavy (non-hydrogen) atoms. The van der Waals surface area contributed by atoms with Crippen molar-refractivity contribution in [3.63, 3.8) is 0 Å². The second-order valence-electron chi connectivity index (χ2n) is 6.22. The first-order chi connectivity index (χ1) is 11.1. The van der Waals surface area contributed by atoms with Crippen LogP contribution in [0.25, 0.3) is 0 Å². The number of urea groups is 1. The van der Waals surface area contributed by atoms with Crippen LogP contribution >= 0.6 is 0 Å². The lowest BCUT2D eigenvalue weighted by molar-refractivity contribution is 0.170. The third-order valence-electron chi connectivity index (χ3n) is 4.31. The molecule has 5 nitrogen and oxygen atoms in total. The highest BCUT2D eigenvalue weighted by atomic mass is 16.5. The van der Waals surface area contributed by atoms with Gasteiger partial charge in [-0.1, -0.05) is 13.0 Å². The van der Waals surface area contributed by atoms with Crippen LogP contribution in [-0.2, 0) is 6.42 Å². The van der Waals surface area contributed by atoms with Crippen LogP contribution in [0.4, 0.5) is 4.79 Å². The number of hydrogen-bond donors (Lipinski definition) is 1. The Hall–Kier alpha value is -1.91. The van der Waals surface area contributed by atoms with Crippen molar-refractivity contribution in [2.45, 2.75) is 32.6 Å². The summed E-state index contributed by atoms with van der Waals surface area (Å²) in [6.07, 6.45) is 4.14. The van der Waals surface area contributed by atoms with E-state index in [1.807, 2.05) is 23.1 Å². The number of ether oxygens (including phenoxy) is 2. The number of aryl methyl sites for hydroxylation is 1. The number of amides is 2. The lowest BCUT2D eigenvalue weighted by atomic mass is 10.0. The minimum Gasteiger partial charge on any atom is -0.493 e. The van der Waals surface area contributed by atoms with Crippen LogP contribution in [0.15, 0.2) is 18.2 Å². The number of piperidine rings is 1. The van der Waals surface area contributed by atoms with E-state index < -0.39 is 0 Å². The molecule has 1 fully saturated rings. The molecule has 0 aromatic heterocycles. The van der Waals surface area contributed by atoms with Gasteiger partial charge in [0.15, 0.2) is 11.5 Å². The van der Waals surface area contributed by atoms with Gasteiger partial charge < -0.3 is 19.7 Å². The summed E-state index contributed by atoms with van der Waals surface area (Å²) in [5, 5.41) is 3.03. The average molecular weight is 320 g/mol. The van der Waals surface area contributed by atoms with Crippen molar-refractivity contribution < 1.29 is 14.3 Å². The van der Waals surface area contributed by atoms with Crippen molar-refractivity contribution >= 4 is 6.03 Å². The minimum absolute atomic E-state index is 0.0730. The fourth-order valence-electron chi connectivity index (χ4n) is 3.01. The van der Waals surface area contributed by atoms with Crippen molar-refractivity contribution in [3.05, 3.63) is 23.8 Å². The van der Waals surface area contributed by atoms with Gasteiger partial charge in [-0.15, -0.1) is 0 Å². The van der Waals surface area contributed by atoms with Crippen LogP contribution in [0.3, 0.4) is 0 Å². The molecule has 128 valence electrons. The predicted molar refractivity (Wildman–Crippen MR) is 91.2 cm³/mol. The van der Waals surface area contributed by atoms with E-state index in [0.717, 1.165) is 43.9 Å². The van der Waals surface area contributed by atoms with Gasteiger partial charge in [-0.3, -0.25) is 0 Å².